The van der Waals surface area contributed by atoms with Gasteiger partial charge in [-0.1, -0.05) is 23.8 Å². The van der Waals surface area contributed by atoms with E-state index in [1.807, 2.05) is 6.08 Å². The van der Waals surface area contributed by atoms with Crippen LogP contribution in [0.4, 0.5) is 4.39 Å². The molecule has 0 N–H and O–H groups in total. The minimum atomic E-state index is -0.269. The summed E-state index contributed by atoms with van der Waals surface area (Å²) in [6.07, 6.45) is 5.46. The molecule has 0 saturated heterocycles. The van der Waals surface area contributed by atoms with Crippen molar-refractivity contribution in [3.8, 4) is 0 Å². The smallest absolute Gasteiger partial charge is 0.145 e. The summed E-state index contributed by atoms with van der Waals surface area (Å²) in [5.41, 5.74) is 1.39. The molecule has 1 heterocycles. The number of allylic oxidation sites excluding steroid dienone is 1. The second-order valence-electron chi connectivity index (χ2n) is 2.40. The second-order valence-corrected chi connectivity index (χ2v) is 2.75. The quantitative estimate of drug-likeness (QED) is 0.544. The summed E-state index contributed by atoms with van der Waals surface area (Å²) in [5, 5.41) is 0.384. The summed E-state index contributed by atoms with van der Waals surface area (Å²) in [4.78, 5) is 3.69. The first kappa shape index (κ1) is 6.80. The Balaban J connectivity index is 2.71. The molecule has 2 rings (SSSR count). The van der Waals surface area contributed by atoms with Crippen LogP contribution in [0.2, 0.25) is 5.15 Å². The van der Waals surface area contributed by atoms with Crippen molar-refractivity contribution < 1.29 is 4.39 Å². The highest BCUT2D eigenvalue weighted by Crippen LogP contribution is 2.26. The predicted octanol–water partition coefficient (Wildman–Crippen LogP) is 2.44. The van der Waals surface area contributed by atoms with E-state index in [0.717, 1.165) is 11.8 Å². The van der Waals surface area contributed by atoms with Crippen LogP contribution in [0.25, 0.3) is 6.08 Å². The molecule has 0 saturated carbocycles. The van der Waals surface area contributed by atoms with Crippen molar-refractivity contribution in [3.05, 3.63) is 34.4 Å². The van der Waals surface area contributed by atoms with Gasteiger partial charge < -0.3 is 0 Å². The van der Waals surface area contributed by atoms with Crippen LogP contribution in [0.1, 0.15) is 11.1 Å². The maximum Gasteiger partial charge on any atom is 0.145 e. The van der Waals surface area contributed by atoms with E-state index in [0.29, 0.717) is 17.1 Å². The van der Waals surface area contributed by atoms with Gasteiger partial charge in [0.05, 0.1) is 6.20 Å². The molecule has 1 nitrogen and oxygen atoms in total. The summed E-state index contributed by atoms with van der Waals surface area (Å²) in [5.74, 6) is -0.269. The van der Waals surface area contributed by atoms with E-state index < -0.39 is 0 Å². The molecular formula is C8H5ClFN. The van der Waals surface area contributed by atoms with E-state index in [1.54, 1.807) is 6.08 Å². The van der Waals surface area contributed by atoms with Crippen LogP contribution in [0.5, 0.6) is 0 Å². The van der Waals surface area contributed by atoms with Crippen LogP contribution in [0.15, 0.2) is 12.3 Å². The third-order valence-corrected chi connectivity index (χ3v) is 2.03. The molecule has 1 aliphatic carbocycles. The van der Waals surface area contributed by atoms with Gasteiger partial charge in [-0.05, 0) is 6.42 Å². The normalized spacial score (nSPS) is 13.6. The Morgan fingerprint density at radius 2 is 2.36 bits per heavy atom. The van der Waals surface area contributed by atoms with Crippen LogP contribution in [0, 0.1) is 5.82 Å². The third-order valence-electron chi connectivity index (χ3n) is 1.73. The van der Waals surface area contributed by atoms with Crippen molar-refractivity contribution in [1.29, 1.82) is 0 Å². The Labute approximate surface area is 68.5 Å². The molecule has 56 valence electrons. The van der Waals surface area contributed by atoms with Crippen molar-refractivity contribution in [1.82, 2.24) is 4.98 Å². The Kier molecular flexibility index (Phi) is 1.43. The second kappa shape index (κ2) is 2.31. The van der Waals surface area contributed by atoms with Gasteiger partial charge in [0.15, 0.2) is 0 Å². The van der Waals surface area contributed by atoms with Gasteiger partial charge in [-0.3, -0.25) is 0 Å². The number of fused-ring (bicyclic) bond motifs is 1. The lowest BCUT2D eigenvalue weighted by molar-refractivity contribution is 0.609. The van der Waals surface area contributed by atoms with Crippen LogP contribution in [0.3, 0.4) is 0 Å². The van der Waals surface area contributed by atoms with E-state index >= 15 is 0 Å². The Morgan fingerprint density at radius 1 is 1.55 bits per heavy atom. The molecule has 0 unspecified atom stereocenters. The number of hydrogen-bond acceptors (Lipinski definition) is 1. The highest BCUT2D eigenvalue weighted by molar-refractivity contribution is 6.31. The molecule has 0 amide bonds. The van der Waals surface area contributed by atoms with Crippen molar-refractivity contribution in [3.63, 3.8) is 0 Å². The standard InChI is InChI=1S/C8H5ClFN/c9-8-6-3-1-2-5(6)7(10)4-11-8/h1,3-4H,2H2. The number of halogens is 2. The Bertz CT molecular complexity index is 333. The lowest BCUT2D eigenvalue weighted by Crippen LogP contribution is -1.91. The minimum absolute atomic E-state index is 0.269. The van der Waals surface area contributed by atoms with E-state index in [4.69, 9.17) is 11.6 Å². The molecule has 11 heavy (non-hydrogen) atoms. The van der Waals surface area contributed by atoms with Crippen molar-refractivity contribution >= 4 is 17.7 Å². The number of rotatable bonds is 0. The molecule has 0 aromatic carbocycles. The lowest BCUT2D eigenvalue weighted by Gasteiger charge is -2.00. The van der Waals surface area contributed by atoms with E-state index in [1.165, 1.54) is 0 Å². The fourth-order valence-electron chi connectivity index (χ4n) is 1.19. The van der Waals surface area contributed by atoms with Crippen LogP contribution < -0.4 is 0 Å². The third kappa shape index (κ3) is 0.942. The predicted molar refractivity (Wildman–Crippen MR) is 41.9 cm³/mol. The molecule has 0 aliphatic heterocycles. The van der Waals surface area contributed by atoms with Crippen molar-refractivity contribution in [2.45, 2.75) is 6.42 Å². The van der Waals surface area contributed by atoms with Gasteiger partial charge in [-0.2, -0.15) is 0 Å². The van der Waals surface area contributed by atoms with E-state index in [2.05, 4.69) is 4.98 Å². The number of nitrogens with zero attached hydrogens (tertiary/aromatic N) is 1. The summed E-state index contributed by atoms with van der Waals surface area (Å²) < 4.78 is 12.9. The minimum Gasteiger partial charge on any atom is -0.241 e. The number of aromatic nitrogens is 1. The van der Waals surface area contributed by atoms with Gasteiger partial charge in [-0.15, -0.1) is 0 Å². The fraction of sp³-hybridized carbons (Fsp3) is 0.125. The molecule has 0 spiro atoms. The van der Waals surface area contributed by atoms with Crippen molar-refractivity contribution in [2.24, 2.45) is 0 Å². The monoisotopic (exact) mass is 169 g/mol. The molecule has 0 fully saturated rings. The summed E-state index contributed by atoms with van der Waals surface area (Å²) in [7, 11) is 0. The van der Waals surface area contributed by atoms with E-state index in [-0.39, 0.29) is 5.82 Å². The maximum atomic E-state index is 12.9. The Hall–Kier alpha value is -0.890. The summed E-state index contributed by atoms with van der Waals surface area (Å²) in [6, 6.07) is 0. The topological polar surface area (TPSA) is 12.9 Å². The average molecular weight is 170 g/mol. The number of pyridine rings is 1. The SMILES string of the molecule is Fc1cnc(Cl)c2c1CC=C2. The zero-order valence-electron chi connectivity index (χ0n) is 5.64. The van der Waals surface area contributed by atoms with Gasteiger partial charge in [-0.25, -0.2) is 9.37 Å². The Morgan fingerprint density at radius 3 is 3.09 bits per heavy atom. The van der Waals surface area contributed by atoms with Gasteiger partial charge in [0.2, 0.25) is 0 Å². The van der Waals surface area contributed by atoms with Gasteiger partial charge >= 0.3 is 0 Å². The molecule has 0 atom stereocenters. The zero-order valence-corrected chi connectivity index (χ0v) is 6.40. The summed E-state index contributed by atoms with van der Waals surface area (Å²) >= 11 is 5.71. The van der Waals surface area contributed by atoms with Gasteiger partial charge in [0, 0.05) is 11.1 Å². The zero-order chi connectivity index (χ0) is 7.84. The molecule has 0 bridgehead atoms. The van der Waals surface area contributed by atoms with Crippen molar-refractivity contribution in [2.75, 3.05) is 0 Å². The first-order chi connectivity index (χ1) is 5.29. The number of hydrogen-bond donors (Lipinski definition) is 0. The lowest BCUT2D eigenvalue weighted by atomic mass is 10.2. The van der Waals surface area contributed by atoms with Crippen LogP contribution >= 0.6 is 11.6 Å². The van der Waals surface area contributed by atoms with Crippen LogP contribution in [-0.2, 0) is 6.42 Å². The molecule has 3 heteroatoms. The van der Waals surface area contributed by atoms with Gasteiger partial charge in [0.1, 0.15) is 11.0 Å². The first-order valence-corrected chi connectivity index (χ1v) is 3.66. The van der Waals surface area contributed by atoms with Gasteiger partial charge in [0.25, 0.3) is 0 Å². The first-order valence-electron chi connectivity index (χ1n) is 3.28. The average Bonchev–Trinajstić information content (AvgIpc) is 2.45. The highest BCUT2D eigenvalue weighted by atomic mass is 35.5. The molecule has 1 aromatic heterocycles. The largest absolute Gasteiger partial charge is 0.241 e. The molecule has 0 radical (unpaired) electrons. The summed E-state index contributed by atoms with van der Waals surface area (Å²) in [6.45, 7) is 0. The van der Waals surface area contributed by atoms with E-state index in [9.17, 15) is 4.39 Å². The molecule has 1 aromatic rings. The maximum absolute atomic E-state index is 12.9. The molecular weight excluding hydrogens is 165 g/mol. The molecule has 1 aliphatic rings. The van der Waals surface area contributed by atoms with Crippen LogP contribution in [-0.4, -0.2) is 4.98 Å². The fourth-order valence-corrected chi connectivity index (χ4v) is 1.41. The highest BCUT2D eigenvalue weighted by Gasteiger charge is 2.13.